The summed E-state index contributed by atoms with van der Waals surface area (Å²) in [5, 5.41) is 8.05. The molecule has 0 aliphatic heterocycles. The van der Waals surface area contributed by atoms with Gasteiger partial charge in [0.25, 0.3) is 0 Å². The van der Waals surface area contributed by atoms with Gasteiger partial charge in [-0.2, -0.15) is 5.10 Å². The fraction of sp³-hybridized carbons (Fsp3) is 0.769. The second kappa shape index (κ2) is 7.92. The predicted octanol–water partition coefficient (Wildman–Crippen LogP) is 2.88. The summed E-state index contributed by atoms with van der Waals surface area (Å²) in [5.74, 6) is 0. The number of halogens is 1. The molecule has 0 bridgehead atoms. The Morgan fingerprint density at radius 1 is 1.44 bits per heavy atom. The zero-order valence-corrected chi connectivity index (χ0v) is 13.4. The average molecular weight is 318 g/mol. The highest BCUT2D eigenvalue weighted by atomic mass is 79.9. The maximum Gasteiger partial charge on any atom is 0.0739 e. The molecule has 5 heteroatoms. The molecule has 1 unspecified atom stereocenters. The zero-order chi connectivity index (χ0) is 13.5. The summed E-state index contributed by atoms with van der Waals surface area (Å²) in [5.41, 5.74) is 2.26. The van der Waals surface area contributed by atoms with Gasteiger partial charge in [-0.25, -0.2) is 0 Å². The lowest BCUT2D eigenvalue weighted by Gasteiger charge is -2.17. The lowest BCUT2D eigenvalue weighted by molar-refractivity contribution is 0.161. The highest BCUT2D eigenvalue weighted by Crippen LogP contribution is 2.21. The molecule has 0 saturated carbocycles. The first-order valence-corrected chi connectivity index (χ1v) is 7.37. The van der Waals surface area contributed by atoms with E-state index in [9.17, 15) is 0 Å². The molecule has 0 aliphatic rings. The van der Waals surface area contributed by atoms with Crippen LogP contribution >= 0.6 is 15.9 Å². The summed E-state index contributed by atoms with van der Waals surface area (Å²) in [7, 11) is 1.75. The smallest absolute Gasteiger partial charge is 0.0739 e. The molecule has 0 aliphatic carbocycles. The van der Waals surface area contributed by atoms with E-state index in [-0.39, 0.29) is 0 Å². The van der Waals surface area contributed by atoms with Crippen LogP contribution in [0, 0.1) is 6.92 Å². The van der Waals surface area contributed by atoms with Crippen molar-refractivity contribution in [1.29, 1.82) is 0 Å². The molecular weight excluding hydrogens is 294 g/mol. The SMILES string of the molecule is CCCC(COC)NCc1c(Br)c(C)nn1CC. The number of hydrogen-bond donors (Lipinski definition) is 1. The van der Waals surface area contributed by atoms with Crippen molar-refractivity contribution in [3.8, 4) is 0 Å². The number of nitrogens with one attached hydrogen (secondary N) is 1. The molecule has 4 nitrogen and oxygen atoms in total. The molecule has 18 heavy (non-hydrogen) atoms. The van der Waals surface area contributed by atoms with Crippen LogP contribution in [0.5, 0.6) is 0 Å². The van der Waals surface area contributed by atoms with Crippen molar-refractivity contribution < 1.29 is 4.74 Å². The third kappa shape index (κ3) is 4.07. The van der Waals surface area contributed by atoms with Crippen molar-refractivity contribution in [2.45, 2.75) is 52.7 Å². The van der Waals surface area contributed by atoms with Crippen LogP contribution in [0.3, 0.4) is 0 Å². The molecule has 1 aromatic rings. The molecule has 1 heterocycles. The first-order chi connectivity index (χ1) is 8.63. The molecule has 1 aromatic heterocycles. The van der Waals surface area contributed by atoms with Gasteiger partial charge in [-0.05, 0) is 36.2 Å². The van der Waals surface area contributed by atoms with Gasteiger partial charge in [0, 0.05) is 26.2 Å². The Kier molecular flexibility index (Phi) is 6.89. The summed E-state index contributed by atoms with van der Waals surface area (Å²) in [6, 6.07) is 0.410. The summed E-state index contributed by atoms with van der Waals surface area (Å²) >= 11 is 3.62. The Labute approximate surface area is 118 Å². The van der Waals surface area contributed by atoms with E-state index in [4.69, 9.17) is 4.74 Å². The maximum atomic E-state index is 5.24. The van der Waals surface area contributed by atoms with Crippen LogP contribution in [0.1, 0.15) is 38.1 Å². The van der Waals surface area contributed by atoms with Crippen molar-refractivity contribution in [1.82, 2.24) is 15.1 Å². The van der Waals surface area contributed by atoms with Gasteiger partial charge in [0.15, 0.2) is 0 Å². The second-order valence-corrected chi connectivity index (χ2v) is 5.28. The van der Waals surface area contributed by atoms with Crippen LogP contribution in [0.25, 0.3) is 0 Å². The molecule has 0 saturated heterocycles. The first-order valence-electron chi connectivity index (χ1n) is 6.58. The number of ether oxygens (including phenoxy) is 1. The molecule has 1 rings (SSSR count). The first kappa shape index (κ1) is 15.7. The van der Waals surface area contributed by atoms with Gasteiger partial charge in [0.1, 0.15) is 0 Å². The fourth-order valence-electron chi connectivity index (χ4n) is 2.07. The number of aryl methyl sites for hydroxylation is 2. The molecule has 0 amide bonds. The number of aromatic nitrogens is 2. The maximum absolute atomic E-state index is 5.24. The summed E-state index contributed by atoms with van der Waals surface area (Å²) in [4.78, 5) is 0. The van der Waals surface area contributed by atoms with Crippen LogP contribution in [0.4, 0.5) is 0 Å². The van der Waals surface area contributed by atoms with Gasteiger partial charge in [-0.3, -0.25) is 4.68 Å². The van der Waals surface area contributed by atoms with Crippen molar-refractivity contribution in [2.24, 2.45) is 0 Å². The number of methoxy groups -OCH3 is 1. The lowest BCUT2D eigenvalue weighted by Crippen LogP contribution is -2.33. The van der Waals surface area contributed by atoms with Crippen molar-refractivity contribution in [3.63, 3.8) is 0 Å². The second-order valence-electron chi connectivity index (χ2n) is 4.48. The van der Waals surface area contributed by atoms with E-state index in [1.807, 2.05) is 11.6 Å². The average Bonchev–Trinajstić information content (AvgIpc) is 2.63. The summed E-state index contributed by atoms with van der Waals surface area (Å²) < 4.78 is 8.40. The van der Waals surface area contributed by atoms with Gasteiger partial charge >= 0.3 is 0 Å². The van der Waals surface area contributed by atoms with Crippen LogP contribution in [-0.2, 0) is 17.8 Å². The van der Waals surface area contributed by atoms with E-state index in [0.29, 0.717) is 6.04 Å². The Balaban J connectivity index is 2.66. The number of hydrogen-bond acceptors (Lipinski definition) is 3. The van der Waals surface area contributed by atoms with Gasteiger partial charge < -0.3 is 10.1 Å². The summed E-state index contributed by atoms with van der Waals surface area (Å²) in [6.45, 7) is 8.81. The molecule has 0 fully saturated rings. The largest absolute Gasteiger partial charge is 0.383 e. The van der Waals surface area contributed by atoms with Crippen molar-refractivity contribution in [2.75, 3.05) is 13.7 Å². The minimum atomic E-state index is 0.410. The predicted molar refractivity (Wildman–Crippen MR) is 77.7 cm³/mol. The topological polar surface area (TPSA) is 39.1 Å². The van der Waals surface area contributed by atoms with E-state index in [0.717, 1.165) is 42.7 Å². The van der Waals surface area contributed by atoms with Crippen LogP contribution in [0.15, 0.2) is 4.47 Å². The molecule has 104 valence electrons. The highest BCUT2D eigenvalue weighted by Gasteiger charge is 2.14. The molecule has 0 spiro atoms. The van der Waals surface area contributed by atoms with Gasteiger partial charge in [0.05, 0.1) is 22.5 Å². The van der Waals surface area contributed by atoms with Crippen molar-refractivity contribution >= 4 is 15.9 Å². The van der Waals surface area contributed by atoms with E-state index in [2.05, 4.69) is 40.2 Å². The Bertz CT molecular complexity index is 359. The highest BCUT2D eigenvalue weighted by molar-refractivity contribution is 9.10. The third-order valence-electron chi connectivity index (χ3n) is 3.02. The Morgan fingerprint density at radius 2 is 2.17 bits per heavy atom. The van der Waals surface area contributed by atoms with E-state index >= 15 is 0 Å². The van der Waals surface area contributed by atoms with Crippen LogP contribution < -0.4 is 5.32 Å². The van der Waals surface area contributed by atoms with E-state index < -0.39 is 0 Å². The number of rotatable bonds is 8. The van der Waals surface area contributed by atoms with Crippen LogP contribution in [-0.4, -0.2) is 29.5 Å². The molecular formula is C13H24BrN3O. The Hall–Kier alpha value is -0.390. The normalized spacial score (nSPS) is 12.9. The standard InChI is InChI=1S/C13H24BrN3O/c1-5-7-11(9-18-4)15-8-12-13(14)10(3)16-17(12)6-2/h11,15H,5-9H2,1-4H3. The third-order valence-corrected chi connectivity index (χ3v) is 4.05. The molecule has 0 radical (unpaired) electrons. The molecule has 0 aromatic carbocycles. The Morgan fingerprint density at radius 3 is 2.72 bits per heavy atom. The minimum Gasteiger partial charge on any atom is -0.383 e. The zero-order valence-electron chi connectivity index (χ0n) is 11.8. The monoisotopic (exact) mass is 317 g/mol. The minimum absolute atomic E-state index is 0.410. The molecule has 1 atom stereocenters. The number of nitrogens with zero attached hydrogens (tertiary/aromatic N) is 2. The lowest BCUT2D eigenvalue weighted by atomic mass is 10.2. The quantitative estimate of drug-likeness (QED) is 0.801. The molecule has 1 N–H and O–H groups in total. The van der Waals surface area contributed by atoms with Crippen molar-refractivity contribution in [3.05, 3.63) is 15.9 Å². The van der Waals surface area contributed by atoms with Gasteiger partial charge in [-0.15, -0.1) is 0 Å². The summed E-state index contributed by atoms with van der Waals surface area (Å²) in [6.07, 6.45) is 2.29. The van der Waals surface area contributed by atoms with Crippen LogP contribution in [0.2, 0.25) is 0 Å². The van der Waals surface area contributed by atoms with E-state index in [1.54, 1.807) is 7.11 Å². The van der Waals surface area contributed by atoms with Gasteiger partial charge in [0.2, 0.25) is 0 Å². The van der Waals surface area contributed by atoms with E-state index in [1.165, 1.54) is 5.69 Å². The van der Waals surface area contributed by atoms with Gasteiger partial charge in [-0.1, -0.05) is 13.3 Å². The fourth-order valence-corrected chi connectivity index (χ4v) is 2.50.